The van der Waals surface area contributed by atoms with Crippen LogP contribution >= 0.6 is 0 Å². The summed E-state index contributed by atoms with van der Waals surface area (Å²) in [4.78, 5) is 4.91. The first-order chi connectivity index (χ1) is 7.08. The van der Waals surface area contributed by atoms with Crippen molar-refractivity contribution in [1.82, 2.24) is 5.01 Å². The fourth-order valence-electron chi connectivity index (χ4n) is 1.60. The van der Waals surface area contributed by atoms with Crippen LogP contribution in [-0.4, -0.2) is 10.8 Å². The number of hydrogen-bond donors (Lipinski definition) is 1. The number of hydrazine groups is 1. The highest BCUT2D eigenvalue weighted by atomic mass is 16.7. The summed E-state index contributed by atoms with van der Waals surface area (Å²) >= 11 is 0. The Morgan fingerprint density at radius 2 is 1.87 bits per heavy atom. The van der Waals surface area contributed by atoms with Gasteiger partial charge in [-0.15, -0.1) is 0 Å². The van der Waals surface area contributed by atoms with Gasteiger partial charge in [-0.25, -0.2) is 10.9 Å². The topological polar surface area (TPSA) is 50.8 Å². The van der Waals surface area contributed by atoms with E-state index in [1.807, 2.05) is 26.0 Å². The second kappa shape index (κ2) is 3.40. The maximum Gasteiger partial charge on any atom is 0.238 e. The molecule has 1 aliphatic rings. The Labute approximate surface area is 88.6 Å². The molecule has 0 saturated heterocycles. The van der Waals surface area contributed by atoms with E-state index in [0.717, 1.165) is 5.56 Å². The monoisotopic (exact) mass is 203 g/mol. The summed E-state index contributed by atoms with van der Waals surface area (Å²) in [5, 5.41) is 5.21. The van der Waals surface area contributed by atoms with E-state index in [9.17, 15) is 0 Å². The second-order valence-electron chi connectivity index (χ2n) is 3.65. The molecular weight excluding hydrogens is 190 g/mol. The standard InChI is InChI=1S/C11H13N3O/c1-7-4-8(2)6-10(5-7)11-13-15-9(3)14(11)12/h4-6H,3,12H2,1-2H3. The van der Waals surface area contributed by atoms with Crippen molar-refractivity contribution in [1.29, 1.82) is 0 Å². The predicted octanol–water partition coefficient (Wildman–Crippen LogP) is 1.64. The molecule has 0 aromatic heterocycles. The molecule has 1 aromatic rings. The zero-order chi connectivity index (χ0) is 11.0. The van der Waals surface area contributed by atoms with Gasteiger partial charge in [0.1, 0.15) is 0 Å². The summed E-state index contributed by atoms with van der Waals surface area (Å²) in [6.07, 6.45) is 0. The number of benzene rings is 1. The lowest BCUT2D eigenvalue weighted by Gasteiger charge is -2.11. The van der Waals surface area contributed by atoms with Crippen LogP contribution in [0.5, 0.6) is 0 Å². The van der Waals surface area contributed by atoms with Crippen molar-refractivity contribution in [3.05, 3.63) is 47.4 Å². The minimum atomic E-state index is 0.337. The van der Waals surface area contributed by atoms with Gasteiger partial charge in [-0.2, -0.15) is 0 Å². The molecule has 78 valence electrons. The Bertz CT molecular complexity index is 431. The molecule has 0 atom stereocenters. The second-order valence-corrected chi connectivity index (χ2v) is 3.65. The first-order valence-corrected chi connectivity index (χ1v) is 4.65. The summed E-state index contributed by atoms with van der Waals surface area (Å²) in [5.41, 5.74) is 3.27. The maximum atomic E-state index is 5.73. The summed E-state index contributed by atoms with van der Waals surface area (Å²) < 4.78 is 0. The molecule has 1 heterocycles. The molecule has 0 saturated carbocycles. The van der Waals surface area contributed by atoms with Gasteiger partial charge in [-0.1, -0.05) is 22.3 Å². The highest BCUT2D eigenvalue weighted by molar-refractivity contribution is 6.00. The number of nitrogens with two attached hydrogens (primary N) is 1. The fourth-order valence-corrected chi connectivity index (χ4v) is 1.60. The summed E-state index contributed by atoms with van der Waals surface area (Å²) in [6, 6.07) is 6.11. The van der Waals surface area contributed by atoms with Gasteiger partial charge in [-0.3, -0.25) is 0 Å². The molecule has 2 rings (SSSR count). The van der Waals surface area contributed by atoms with Crippen LogP contribution in [0, 0.1) is 13.8 Å². The van der Waals surface area contributed by atoms with E-state index in [4.69, 9.17) is 10.7 Å². The highest BCUT2D eigenvalue weighted by Gasteiger charge is 2.21. The number of hydrogen-bond acceptors (Lipinski definition) is 4. The lowest BCUT2D eigenvalue weighted by atomic mass is 10.1. The average Bonchev–Trinajstić information content (AvgIpc) is 2.46. The molecule has 1 aromatic carbocycles. The zero-order valence-corrected chi connectivity index (χ0v) is 8.82. The molecule has 0 unspecified atom stereocenters. The lowest BCUT2D eigenvalue weighted by molar-refractivity contribution is 0.200. The van der Waals surface area contributed by atoms with E-state index in [1.165, 1.54) is 16.1 Å². The fraction of sp³-hybridized carbons (Fsp3) is 0.182. The third-order valence-corrected chi connectivity index (χ3v) is 2.21. The van der Waals surface area contributed by atoms with E-state index in [1.54, 1.807) is 0 Å². The maximum absolute atomic E-state index is 5.73. The van der Waals surface area contributed by atoms with Gasteiger partial charge in [0.25, 0.3) is 0 Å². The van der Waals surface area contributed by atoms with Crippen LogP contribution in [0.15, 0.2) is 35.8 Å². The Balaban J connectivity index is 2.42. The molecule has 1 aliphatic heterocycles. The quantitative estimate of drug-likeness (QED) is 0.706. The SMILES string of the molecule is C=C1ON=C(c2cc(C)cc(C)c2)N1N. The number of amidine groups is 1. The molecule has 0 aliphatic carbocycles. The van der Waals surface area contributed by atoms with E-state index in [0.29, 0.717) is 11.7 Å². The van der Waals surface area contributed by atoms with Gasteiger partial charge in [0.2, 0.25) is 5.88 Å². The van der Waals surface area contributed by atoms with Crippen LogP contribution in [0.2, 0.25) is 0 Å². The number of rotatable bonds is 1. The molecule has 0 amide bonds. The average molecular weight is 203 g/mol. The van der Waals surface area contributed by atoms with Crippen LogP contribution in [0.25, 0.3) is 0 Å². The molecule has 4 heteroatoms. The zero-order valence-electron chi connectivity index (χ0n) is 8.82. The Hall–Kier alpha value is -1.81. The van der Waals surface area contributed by atoms with Crippen molar-refractivity contribution in [2.75, 3.05) is 0 Å². The first kappa shape index (κ1) is 9.73. The molecule has 15 heavy (non-hydrogen) atoms. The van der Waals surface area contributed by atoms with Crippen molar-refractivity contribution in [3.63, 3.8) is 0 Å². The third kappa shape index (κ3) is 1.71. The first-order valence-electron chi connectivity index (χ1n) is 4.65. The number of nitrogens with zero attached hydrogens (tertiary/aromatic N) is 2. The van der Waals surface area contributed by atoms with Gasteiger partial charge in [-0.05, 0) is 32.6 Å². The van der Waals surface area contributed by atoms with Gasteiger partial charge >= 0.3 is 0 Å². The molecular formula is C11H13N3O. The number of oxime groups is 1. The molecule has 0 spiro atoms. The van der Waals surface area contributed by atoms with E-state index in [2.05, 4.69) is 17.8 Å². The molecule has 0 fully saturated rings. The van der Waals surface area contributed by atoms with E-state index < -0.39 is 0 Å². The van der Waals surface area contributed by atoms with Crippen molar-refractivity contribution < 1.29 is 4.84 Å². The Kier molecular flexibility index (Phi) is 2.21. The third-order valence-electron chi connectivity index (χ3n) is 2.21. The van der Waals surface area contributed by atoms with Gasteiger partial charge < -0.3 is 4.84 Å². The van der Waals surface area contributed by atoms with Gasteiger partial charge in [0.05, 0.1) is 0 Å². The minimum Gasteiger partial charge on any atom is -0.335 e. The van der Waals surface area contributed by atoms with Crippen LogP contribution in [0.1, 0.15) is 16.7 Å². The summed E-state index contributed by atoms with van der Waals surface area (Å²) in [5.74, 6) is 6.66. The van der Waals surface area contributed by atoms with E-state index >= 15 is 0 Å². The van der Waals surface area contributed by atoms with Crippen LogP contribution < -0.4 is 5.84 Å². The molecule has 0 bridgehead atoms. The number of aryl methyl sites for hydroxylation is 2. The van der Waals surface area contributed by atoms with E-state index in [-0.39, 0.29) is 0 Å². The highest BCUT2D eigenvalue weighted by Crippen LogP contribution is 2.17. The minimum absolute atomic E-state index is 0.337. The van der Waals surface area contributed by atoms with Crippen molar-refractivity contribution >= 4 is 5.84 Å². The normalized spacial score (nSPS) is 15.3. The summed E-state index contributed by atoms with van der Waals surface area (Å²) in [6.45, 7) is 7.68. The van der Waals surface area contributed by atoms with Crippen LogP contribution in [0.4, 0.5) is 0 Å². The Morgan fingerprint density at radius 3 is 2.33 bits per heavy atom. The largest absolute Gasteiger partial charge is 0.335 e. The smallest absolute Gasteiger partial charge is 0.238 e. The molecule has 2 N–H and O–H groups in total. The van der Waals surface area contributed by atoms with Crippen LogP contribution in [0.3, 0.4) is 0 Å². The molecule has 4 nitrogen and oxygen atoms in total. The summed E-state index contributed by atoms with van der Waals surface area (Å²) in [7, 11) is 0. The van der Waals surface area contributed by atoms with Gasteiger partial charge in [0, 0.05) is 5.56 Å². The Morgan fingerprint density at radius 1 is 1.27 bits per heavy atom. The van der Waals surface area contributed by atoms with Crippen molar-refractivity contribution in [3.8, 4) is 0 Å². The molecule has 0 radical (unpaired) electrons. The predicted molar refractivity (Wildman–Crippen MR) is 58.7 cm³/mol. The lowest BCUT2D eigenvalue weighted by Crippen LogP contribution is -2.33. The van der Waals surface area contributed by atoms with Crippen molar-refractivity contribution in [2.24, 2.45) is 11.0 Å². The van der Waals surface area contributed by atoms with Crippen LogP contribution in [-0.2, 0) is 4.84 Å². The van der Waals surface area contributed by atoms with Crippen molar-refractivity contribution in [2.45, 2.75) is 13.8 Å². The van der Waals surface area contributed by atoms with Gasteiger partial charge in [0.15, 0.2) is 5.84 Å².